The van der Waals surface area contributed by atoms with Gasteiger partial charge in [-0.1, -0.05) is 41.9 Å². The molecule has 1 aromatic rings. The molecule has 0 aliphatic carbocycles. The zero-order valence-corrected chi connectivity index (χ0v) is 12.9. The first kappa shape index (κ1) is 15.7. The quantitative estimate of drug-likeness (QED) is 0.682. The molecule has 0 atom stereocenters. The molecule has 5 heteroatoms. The minimum atomic E-state index is -0.840. The maximum absolute atomic E-state index is 11.5. The van der Waals surface area contributed by atoms with Crippen LogP contribution in [0.2, 0.25) is 0 Å². The number of hydrogen-bond donors (Lipinski definition) is 1. The van der Waals surface area contributed by atoms with Crippen LogP contribution in [0, 0.1) is 0 Å². The zero-order valence-electron chi connectivity index (χ0n) is 11.3. The van der Waals surface area contributed by atoms with Crippen LogP contribution in [0.5, 0.6) is 0 Å². The van der Waals surface area contributed by atoms with Gasteiger partial charge in [0.15, 0.2) is 0 Å². The van der Waals surface area contributed by atoms with E-state index in [0.717, 1.165) is 10.0 Å². The Morgan fingerprint density at radius 1 is 1.37 bits per heavy atom. The van der Waals surface area contributed by atoms with Crippen molar-refractivity contribution >= 4 is 27.8 Å². The number of rotatable bonds is 4. The van der Waals surface area contributed by atoms with Gasteiger partial charge in [0.2, 0.25) is 0 Å². The van der Waals surface area contributed by atoms with Crippen LogP contribution in [-0.2, 0) is 19.7 Å². The fourth-order valence-corrected chi connectivity index (χ4v) is 1.98. The van der Waals surface area contributed by atoms with E-state index in [0.29, 0.717) is 6.54 Å². The van der Waals surface area contributed by atoms with Gasteiger partial charge in [-0.15, -0.1) is 0 Å². The lowest BCUT2D eigenvalue weighted by molar-refractivity contribution is -0.154. The van der Waals surface area contributed by atoms with Crippen LogP contribution in [0.3, 0.4) is 0 Å². The molecule has 0 aromatic heterocycles. The molecule has 1 aromatic carbocycles. The molecule has 1 rings (SSSR count). The Bertz CT molecular complexity index is 472. The molecule has 0 aliphatic rings. The van der Waals surface area contributed by atoms with Crippen LogP contribution >= 0.6 is 15.9 Å². The first-order valence-electron chi connectivity index (χ1n) is 6.08. The predicted molar refractivity (Wildman–Crippen MR) is 76.8 cm³/mol. The lowest BCUT2D eigenvalue weighted by Gasteiger charge is -2.25. The van der Waals surface area contributed by atoms with E-state index in [2.05, 4.69) is 26.0 Å². The molecule has 19 heavy (non-hydrogen) atoms. The van der Waals surface area contributed by atoms with Crippen molar-refractivity contribution in [3.8, 4) is 0 Å². The molecule has 0 spiro atoms. The maximum Gasteiger partial charge on any atom is 0.396 e. The van der Waals surface area contributed by atoms with Crippen molar-refractivity contribution in [2.45, 2.75) is 26.2 Å². The van der Waals surface area contributed by atoms with Gasteiger partial charge in [0.05, 0.1) is 6.61 Å². The van der Waals surface area contributed by atoms with E-state index in [1.54, 1.807) is 6.92 Å². The summed E-state index contributed by atoms with van der Waals surface area (Å²) in [5.74, 6) is -1.54. The highest BCUT2D eigenvalue weighted by atomic mass is 79.9. The van der Waals surface area contributed by atoms with Crippen molar-refractivity contribution < 1.29 is 14.3 Å². The van der Waals surface area contributed by atoms with Crippen molar-refractivity contribution in [1.29, 1.82) is 0 Å². The Kier molecular flexibility index (Phi) is 5.54. The van der Waals surface area contributed by atoms with Crippen molar-refractivity contribution in [2.75, 3.05) is 13.2 Å². The summed E-state index contributed by atoms with van der Waals surface area (Å²) in [5, 5.41) is 2.60. The van der Waals surface area contributed by atoms with Gasteiger partial charge in [0.1, 0.15) is 0 Å². The first-order valence-corrected chi connectivity index (χ1v) is 6.87. The molecular weight excluding hydrogens is 310 g/mol. The Labute approximate surface area is 121 Å². The van der Waals surface area contributed by atoms with Gasteiger partial charge in [-0.3, -0.25) is 4.79 Å². The number of carbonyl (C=O) groups excluding carboxylic acids is 2. The number of ether oxygens (including phenoxy) is 1. The SMILES string of the molecule is CCOC(=O)C(=O)NCC(C)(C)c1cccc(Br)c1. The molecule has 104 valence electrons. The third-order valence-corrected chi connectivity index (χ3v) is 3.25. The molecule has 0 radical (unpaired) electrons. The van der Waals surface area contributed by atoms with Crippen molar-refractivity contribution in [1.82, 2.24) is 5.32 Å². The number of nitrogens with one attached hydrogen (secondary N) is 1. The third kappa shape index (κ3) is 4.67. The van der Waals surface area contributed by atoms with E-state index in [1.165, 1.54) is 0 Å². The Morgan fingerprint density at radius 2 is 2.05 bits per heavy atom. The van der Waals surface area contributed by atoms with Gasteiger partial charge in [-0.2, -0.15) is 0 Å². The summed E-state index contributed by atoms with van der Waals surface area (Å²) in [4.78, 5) is 22.7. The second kappa shape index (κ2) is 6.70. The van der Waals surface area contributed by atoms with Crippen LogP contribution in [0.15, 0.2) is 28.7 Å². The monoisotopic (exact) mass is 327 g/mol. The molecule has 0 bridgehead atoms. The number of hydrogen-bond acceptors (Lipinski definition) is 3. The highest BCUT2D eigenvalue weighted by Gasteiger charge is 2.23. The second-order valence-corrected chi connectivity index (χ2v) is 5.71. The second-order valence-electron chi connectivity index (χ2n) is 4.80. The number of benzene rings is 1. The summed E-state index contributed by atoms with van der Waals surface area (Å²) in [6.45, 7) is 6.22. The van der Waals surface area contributed by atoms with Crippen molar-refractivity contribution in [3.63, 3.8) is 0 Å². The highest BCUT2D eigenvalue weighted by molar-refractivity contribution is 9.10. The van der Waals surface area contributed by atoms with Gasteiger partial charge in [0, 0.05) is 16.4 Å². The zero-order chi connectivity index (χ0) is 14.5. The summed E-state index contributed by atoms with van der Waals surface area (Å²) in [5.41, 5.74) is 0.803. The van der Waals surface area contributed by atoms with Gasteiger partial charge in [0.25, 0.3) is 0 Å². The standard InChI is InChI=1S/C14H18BrNO3/c1-4-19-13(18)12(17)16-9-14(2,3)10-6-5-7-11(15)8-10/h5-8H,4,9H2,1-3H3,(H,16,17). The van der Waals surface area contributed by atoms with Crippen LogP contribution in [-0.4, -0.2) is 25.0 Å². The van der Waals surface area contributed by atoms with Gasteiger partial charge < -0.3 is 10.1 Å². The molecule has 0 unspecified atom stereocenters. The summed E-state index contributed by atoms with van der Waals surface area (Å²) in [7, 11) is 0. The lowest BCUT2D eigenvalue weighted by Crippen LogP contribution is -2.40. The van der Waals surface area contributed by atoms with Crippen molar-refractivity contribution in [3.05, 3.63) is 34.3 Å². The topological polar surface area (TPSA) is 55.4 Å². The fraction of sp³-hybridized carbons (Fsp3) is 0.429. The number of carbonyl (C=O) groups is 2. The fourth-order valence-electron chi connectivity index (χ4n) is 1.58. The molecule has 0 aliphatic heterocycles. The predicted octanol–water partition coefficient (Wildman–Crippen LogP) is 2.41. The summed E-state index contributed by atoms with van der Waals surface area (Å²) >= 11 is 3.42. The van der Waals surface area contributed by atoms with Gasteiger partial charge in [-0.05, 0) is 24.6 Å². The molecular formula is C14H18BrNO3. The smallest absolute Gasteiger partial charge is 0.396 e. The van der Waals surface area contributed by atoms with Gasteiger partial charge >= 0.3 is 11.9 Å². The largest absolute Gasteiger partial charge is 0.459 e. The lowest BCUT2D eigenvalue weighted by atomic mass is 9.84. The summed E-state index contributed by atoms with van der Waals surface area (Å²) < 4.78 is 5.62. The molecule has 0 saturated carbocycles. The summed E-state index contributed by atoms with van der Waals surface area (Å²) in [6, 6.07) is 7.86. The minimum absolute atomic E-state index is 0.196. The number of amides is 1. The summed E-state index contributed by atoms with van der Waals surface area (Å²) in [6.07, 6.45) is 0. The molecule has 0 fully saturated rings. The molecule has 0 saturated heterocycles. The molecule has 1 amide bonds. The van der Waals surface area contributed by atoms with Crippen LogP contribution in [0.25, 0.3) is 0 Å². The number of halogens is 1. The molecule has 1 N–H and O–H groups in total. The molecule has 0 heterocycles. The Balaban J connectivity index is 2.65. The van der Waals surface area contributed by atoms with E-state index < -0.39 is 11.9 Å². The Hall–Kier alpha value is -1.36. The third-order valence-electron chi connectivity index (χ3n) is 2.76. The van der Waals surface area contributed by atoms with Crippen LogP contribution in [0.1, 0.15) is 26.3 Å². The Morgan fingerprint density at radius 3 is 2.63 bits per heavy atom. The van der Waals surface area contributed by atoms with E-state index in [9.17, 15) is 9.59 Å². The van der Waals surface area contributed by atoms with E-state index >= 15 is 0 Å². The van der Waals surface area contributed by atoms with Crippen LogP contribution in [0.4, 0.5) is 0 Å². The number of esters is 1. The average Bonchev–Trinajstić information content (AvgIpc) is 2.36. The first-order chi connectivity index (χ1) is 8.86. The average molecular weight is 328 g/mol. The molecule has 4 nitrogen and oxygen atoms in total. The van der Waals surface area contributed by atoms with E-state index in [-0.39, 0.29) is 12.0 Å². The van der Waals surface area contributed by atoms with Crippen molar-refractivity contribution in [2.24, 2.45) is 0 Å². The van der Waals surface area contributed by atoms with E-state index in [1.807, 2.05) is 38.1 Å². The van der Waals surface area contributed by atoms with Gasteiger partial charge in [-0.25, -0.2) is 4.79 Å². The van der Waals surface area contributed by atoms with E-state index in [4.69, 9.17) is 0 Å². The highest BCUT2D eigenvalue weighted by Crippen LogP contribution is 2.24. The minimum Gasteiger partial charge on any atom is -0.459 e. The maximum atomic E-state index is 11.5. The van der Waals surface area contributed by atoms with Crippen LogP contribution < -0.4 is 5.32 Å². The normalized spacial score (nSPS) is 10.9.